The third-order valence-corrected chi connectivity index (χ3v) is 18.9. The molecule has 4 N–H and O–H groups in total. The molecule has 0 radical (unpaired) electrons. The Morgan fingerprint density at radius 2 is 1.30 bits per heavy atom. The molecule has 2 saturated heterocycles. The predicted octanol–water partition coefficient (Wildman–Crippen LogP) is 9.22. The van der Waals surface area contributed by atoms with E-state index in [0.717, 1.165) is 155 Å². The zero-order valence-corrected chi connectivity index (χ0v) is 52.1. The van der Waals surface area contributed by atoms with Crippen LogP contribution in [0.3, 0.4) is 0 Å². The molecule has 456 valence electrons. The van der Waals surface area contributed by atoms with Crippen LogP contribution in [-0.2, 0) is 12.6 Å². The van der Waals surface area contributed by atoms with Crippen LogP contribution in [0.5, 0.6) is 0 Å². The molecule has 11 nitrogen and oxygen atoms in total. The van der Waals surface area contributed by atoms with Gasteiger partial charge in [-0.25, -0.2) is 4.39 Å². The molecular formula is C64H117F4N11. The van der Waals surface area contributed by atoms with E-state index in [0.29, 0.717) is 60.5 Å². The van der Waals surface area contributed by atoms with Gasteiger partial charge in [-0.1, -0.05) is 78.7 Å². The van der Waals surface area contributed by atoms with Crippen LogP contribution in [0.4, 0.5) is 17.6 Å². The first-order chi connectivity index (χ1) is 37.6. The van der Waals surface area contributed by atoms with Crippen molar-refractivity contribution in [1.82, 2.24) is 55.6 Å². The van der Waals surface area contributed by atoms with Crippen molar-refractivity contribution in [3.05, 3.63) is 35.1 Å². The van der Waals surface area contributed by atoms with E-state index >= 15 is 0 Å². The SMILES string of the molecule is C#CC[C@H]1CN(C)CCN(C)CCN(C)[C@@H](CC2CCCCC2)CN(C)CCN[C@@H](CCc2ccc(C(F)(F)F)c(F)c2)CN2CCC[C@H]2CNC2(CCCC2)CN(C)[C@@H](CC(C)C)CN[C@H](C)CCN(C)[C@@H](CC(C)C)CN1. The van der Waals surface area contributed by atoms with Crippen molar-refractivity contribution in [2.75, 3.05) is 140 Å². The van der Waals surface area contributed by atoms with Gasteiger partial charge in [0.1, 0.15) is 5.82 Å². The van der Waals surface area contributed by atoms with Crippen LogP contribution in [0.2, 0.25) is 0 Å². The minimum absolute atomic E-state index is 0.0748. The summed E-state index contributed by atoms with van der Waals surface area (Å²) >= 11 is 0. The number of aryl methyl sites for hydroxylation is 1. The summed E-state index contributed by atoms with van der Waals surface area (Å²) in [7, 11) is 13.8. The molecule has 79 heavy (non-hydrogen) atoms. The number of benzene rings is 1. The van der Waals surface area contributed by atoms with Crippen LogP contribution in [0.25, 0.3) is 0 Å². The van der Waals surface area contributed by atoms with E-state index in [9.17, 15) is 17.6 Å². The highest BCUT2D eigenvalue weighted by atomic mass is 19.4. The number of halogens is 4. The van der Waals surface area contributed by atoms with E-state index in [4.69, 9.17) is 6.42 Å². The number of terminal acetylenes is 1. The van der Waals surface area contributed by atoms with Crippen molar-refractivity contribution in [3.63, 3.8) is 0 Å². The second-order valence-electron chi connectivity index (χ2n) is 26.9. The van der Waals surface area contributed by atoms with Crippen molar-refractivity contribution in [2.45, 2.75) is 204 Å². The quantitative estimate of drug-likeness (QED) is 0.134. The molecule has 4 fully saturated rings. The Balaban J connectivity index is 1.35. The molecule has 2 aliphatic heterocycles. The molecule has 15 heteroatoms. The lowest BCUT2D eigenvalue weighted by molar-refractivity contribution is -0.140. The van der Waals surface area contributed by atoms with Crippen molar-refractivity contribution < 1.29 is 17.6 Å². The normalized spacial score (nSPS) is 29.5. The molecular weight excluding hydrogens is 999 g/mol. The molecule has 0 bridgehead atoms. The number of nitrogens with one attached hydrogen (secondary N) is 4. The smallest absolute Gasteiger partial charge is 0.313 e. The number of hydrogen-bond acceptors (Lipinski definition) is 11. The van der Waals surface area contributed by atoms with Crippen LogP contribution in [0.15, 0.2) is 18.2 Å². The lowest BCUT2D eigenvalue weighted by Crippen LogP contribution is -2.57. The number of alkyl halides is 3. The van der Waals surface area contributed by atoms with Crippen LogP contribution in [0, 0.1) is 35.9 Å². The molecule has 2 aliphatic carbocycles. The molecule has 1 aromatic rings. The minimum atomic E-state index is -4.71. The highest BCUT2D eigenvalue weighted by Crippen LogP contribution is 2.34. The van der Waals surface area contributed by atoms with Gasteiger partial charge in [0.25, 0.3) is 0 Å². The van der Waals surface area contributed by atoms with Gasteiger partial charge in [-0.2, -0.15) is 13.2 Å². The molecule has 4 aliphatic rings. The standard InChI is InChI=1S/C64H117F4N11/c1-13-20-55-46-75(9)36-35-73(7)37-38-77(11)60(41-53-21-15-14-16-22-53)48-74(8)34-31-69-56(26-24-54-25-27-61(62(65)42-54)64(66,67)68)47-79-32-19-23-57(79)45-72-63(29-17-18-30-63)49-78(12)59(40-51(4)5)43-70-52(6)28-33-76(10)58(44-71-55)39-50(2)3/h1,25,27,42,50-53,55-60,69-72H,14-24,26,28-41,43-49H2,2-12H3/t52-,55+,56+,57+,58+,59+,60+/m1/s1. The van der Waals surface area contributed by atoms with E-state index in [-0.39, 0.29) is 17.6 Å². The molecule has 7 atom stereocenters. The van der Waals surface area contributed by atoms with E-state index < -0.39 is 17.6 Å². The summed E-state index contributed by atoms with van der Waals surface area (Å²) in [4.78, 5) is 18.0. The maximum Gasteiger partial charge on any atom is 0.419 e. The number of hydrogen-bond donors (Lipinski definition) is 4. The molecule has 0 aromatic heterocycles. The average molecular weight is 1120 g/mol. The van der Waals surface area contributed by atoms with Crippen LogP contribution >= 0.6 is 0 Å². The summed E-state index contributed by atoms with van der Waals surface area (Å²) in [5.41, 5.74) is -0.507. The summed E-state index contributed by atoms with van der Waals surface area (Å²) < 4.78 is 55.6. The number of likely N-dealkylation sites (N-methyl/N-ethyl adjacent to an activating group) is 6. The first-order valence-corrected chi connectivity index (χ1v) is 31.8. The summed E-state index contributed by atoms with van der Waals surface area (Å²) in [5.74, 6) is 3.77. The third-order valence-electron chi connectivity index (χ3n) is 18.9. The fourth-order valence-corrected chi connectivity index (χ4v) is 13.7. The third kappa shape index (κ3) is 24.7. The molecule has 1 spiro atoms. The number of rotatable bonds is 10. The van der Waals surface area contributed by atoms with Gasteiger partial charge in [-0.15, -0.1) is 12.3 Å². The fourth-order valence-electron chi connectivity index (χ4n) is 13.7. The van der Waals surface area contributed by atoms with Gasteiger partial charge in [0.05, 0.1) is 5.56 Å². The zero-order chi connectivity index (χ0) is 57.5. The second-order valence-corrected chi connectivity index (χ2v) is 26.9. The predicted molar refractivity (Wildman–Crippen MR) is 324 cm³/mol. The Morgan fingerprint density at radius 1 is 0.658 bits per heavy atom. The van der Waals surface area contributed by atoms with E-state index in [1.54, 1.807) is 0 Å². The zero-order valence-electron chi connectivity index (χ0n) is 52.1. The van der Waals surface area contributed by atoms with Gasteiger partial charge in [0.15, 0.2) is 0 Å². The highest BCUT2D eigenvalue weighted by molar-refractivity contribution is 5.26. The first-order valence-electron chi connectivity index (χ1n) is 31.8. The van der Waals surface area contributed by atoms with Gasteiger partial charge in [-0.05, 0) is 162 Å². The first kappa shape index (κ1) is 67.8. The topological polar surface area (TPSA) is 70.8 Å². The van der Waals surface area contributed by atoms with E-state index in [2.05, 4.69) is 138 Å². The average Bonchev–Trinajstić information content (AvgIpc) is 4.13. The Kier molecular flexibility index (Phi) is 29.8. The Labute approximate surface area is 481 Å². The Bertz CT molecular complexity index is 1850. The van der Waals surface area contributed by atoms with Crippen molar-refractivity contribution in [3.8, 4) is 12.3 Å². The van der Waals surface area contributed by atoms with Crippen LogP contribution in [0.1, 0.15) is 155 Å². The molecule has 2 saturated carbocycles. The lowest BCUT2D eigenvalue weighted by atomic mass is 9.84. The van der Waals surface area contributed by atoms with E-state index in [1.807, 2.05) is 0 Å². The maximum absolute atomic E-state index is 14.9. The summed E-state index contributed by atoms with van der Waals surface area (Å²) in [6.07, 6.45) is 21.7. The maximum atomic E-state index is 14.9. The van der Waals surface area contributed by atoms with Crippen molar-refractivity contribution in [2.24, 2.45) is 17.8 Å². The van der Waals surface area contributed by atoms with E-state index in [1.165, 1.54) is 70.3 Å². The van der Waals surface area contributed by atoms with Crippen molar-refractivity contribution in [1.29, 1.82) is 0 Å². The number of nitrogens with zero attached hydrogens (tertiary/aromatic N) is 7. The summed E-state index contributed by atoms with van der Waals surface area (Å²) in [5, 5.41) is 16.2. The van der Waals surface area contributed by atoms with Crippen LogP contribution < -0.4 is 21.3 Å². The minimum Gasteiger partial charge on any atom is -0.313 e. The lowest BCUT2D eigenvalue weighted by Gasteiger charge is -2.41. The fraction of sp³-hybridized carbons (Fsp3) is 0.875. The largest absolute Gasteiger partial charge is 0.419 e. The van der Waals surface area contributed by atoms with Gasteiger partial charge >= 0.3 is 6.18 Å². The molecule has 0 amide bonds. The highest BCUT2D eigenvalue weighted by Gasteiger charge is 2.39. The summed E-state index contributed by atoms with van der Waals surface area (Å²) in [6, 6.07) is 5.96. The Hall–Kier alpha value is -1.94. The van der Waals surface area contributed by atoms with Gasteiger partial charge in [-0.3, -0.25) is 4.90 Å². The second kappa shape index (κ2) is 34.7. The van der Waals surface area contributed by atoms with Gasteiger partial charge in [0.2, 0.25) is 0 Å². The van der Waals surface area contributed by atoms with Crippen molar-refractivity contribution >= 4 is 0 Å². The monoisotopic (exact) mass is 1120 g/mol. The number of fused-ring (bicyclic) bond motifs is 1. The molecule has 5 rings (SSSR count). The summed E-state index contributed by atoms with van der Waals surface area (Å²) in [6.45, 7) is 26.2. The van der Waals surface area contributed by atoms with Crippen LogP contribution in [-0.4, -0.2) is 223 Å². The van der Waals surface area contributed by atoms with Gasteiger partial charge in [0, 0.05) is 139 Å². The van der Waals surface area contributed by atoms with Gasteiger partial charge < -0.3 is 50.7 Å². The molecule has 0 unspecified atom stereocenters. The molecule has 2 heterocycles. The Morgan fingerprint density at radius 3 is 1.97 bits per heavy atom. The molecule has 1 aromatic carbocycles.